The quantitative estimate of drug-likeness (QED) is 0.238. The van der Waals surface area contributed by atoms with Crippen LogP contribution in [0.3, 0.4) is 0 Å². The maximum absolute atomic E-state index is 13.3. The molecular formula is C20H23ClN2O8. The Labute approximate surface area is 181 Å². The number of hydrogen-bond donors (Lipinski definition) is 7. The summed E-state index contributed by atoms with van der Waals surface area (Å²) in [5.74, 6) is -9.54. The molecule has 0 spiro atoms. The summed E-state index contributed by atoms with van der Waals surface area (Å²) in [4.78, 5) is 38.1. The molecule has 0 aliphatic heterocycles. The molecule has 0 aromatic heterocycles. The van der Waals surface area contributed by atoms with Gasteiger partial charge in [0.25, 0.3) is 0 Å². The molecule has 11 heteroatoms. The van der Waals surface area contributed by atoms with Crippen molar-refractivity contribution in [1.82, 2.24) is 0 Å². The number of carbonyl (C=O) groups excluding carboxylic acids is 3. The molecule has 9 atom stereocenters. The van der Waals surface area contributed by atoms with Crippen LogP contribution in [-0.4, -0.2) is 66.9 Å². The third-order valence-electron chi connectivity index (χ3n) is 7.39. The molecule has 0 unspecified atom stereocenters. The van der Waals surface area contributed by atoms with E-state index in [4.69, 9.17) is 23.1 Å². The van der Waals surface area contributed by atoms with Crippen molar-refractivity contribution >= 4 is 29.1 Å². The molecule has 0 saturated heterocycles. The average molecular weight is 455 g/mol. The second-order valence-corrected chi connectivity index (χ2v) is 9.29. The predicted molar refractivity (Wildman–Crippen MR) is 105 cm³/mol. The lowest BCUT2D eigenvalue weighted by Gasteiger charge is -2.58. The summed E-state index contributed by atoms with van der Waals surface area (Å²) in [6.07, 6.45) is -4.06. The molecule has 1 amide bonds. The smallest absolute Gasteiger partial charge is 0.230 e. The molecule has 4 rings (SSSR count). The molecular weight excluding hydrogens is 432 g/mol. The number of rotatable bonds is 1. The Bertz CT molecular complexity index is 1010. The summed E-state index contributed by atoms with van der Waals surface area (Å²) in [6, 6.07) is 1.11. The van der Waals surface area contributed by atoms with Crippen LogP contribution in [0.1, 0.15) is 29.3 Å². The first-order valence-electron chi connectivity index (χ1n) is 9.74. The van der Waals surface area contributed by atoms with Crippen LogP contribution in [0.4, 0.5) is 0 Å². The zero-order chi connectivity index (χ0) is 23.2. The number of benzene rings is 1. The van der Waals surface area contributed by atoms with Gasteiger partial charge in [0.2, 0.25) is 5.91 Å². The Hall–Kier alpha value is -2.08. The molecule has 0 bridgehead atoms. The number of phenolic OH excluding ortho intramolecular Hbond substituents is 1. The summed E-state index contributed by atoms with van der Waals surface area (Å²) in [7, 11) is 0. The van der Waals surface area contributed by atoms with Crippen LogP contribution >= 0.6 is 11.6 Å². The van der Waals surface area contributed by atoms with E-state index in [1.54, 1.807) is 0 Å². The van der Waals surface area contributed by atoms with Crippen LogP contribution in [-0.2, 0) is 15.2 Å². The van der Waals surface area contributed by atoms with Crippen LogP contribution in [0.15, 0.2) is 12.1 Å². The average Bonchev–Trinajstić information content (AvgIpc) is 2.67. The largest absolute Gasteiger partial charge is 0.507 e. The number of aliphatic hydroxyl groups is 4. The van der Waals surface area contributed by atoms with Crippen LogP contribution in [0.5, 0.6) is 5.75 Å². The van der Waals surface area contributed by atoms with Gasteiger partial charge in [-0.2, -0.15) is 0 Å². The lowest BCUT2D eigenvalue weighted by molar-refractivity contribution is -0.221. The number of aromatic hydroxyl groups is 1. The normalized spacial score (nSPS) is 44.3. The highest BCUT2D eigenvalue weighted by Gasteiger charge is 2.70. The fraction of sp³-hybridized carbons (Fsp3) is 0.550. The summed E-state index contributed by atoms with van der Waals surface area (Å²) in [5.41, 5.74) is 6.38. The number of primary amides is 1. The van der Waals surface area contributed by atoms with Crippen LogP contribution in [0, 0.1) is 23.7 Å². The van der Waals surface area contributed by atoms with Gasteiger partial charge in [-0.1, -0.05) is 11.6 Å². The highest BCUT2D eigenvalue weighted by molar-refractivity contribution is 6.32. The summed E-state index contributed by atoms with van der Waals surface area (Å²) in [5, 5.41) is 54.5. The molecule has 1 aromatic rings. The van der Waals surface area contributed by atoms with Gasteiger partial charge in [0, 0.05) is 28.5 Å². The minimum Gasteiger partial charge on any atom is -0.507 e. The minimum atomic E-state index is -2.67. The number of ketones is 2. The van der Waals surface area contributed by atoms with E-state index in [1.165, 1.54) is 13.0 Å². The van der Waals surface area contributed by atoms with E-state index in [0.29, 0.717) is 0 Å². The van der Waals surface area contributed by atoms with Crippen molar-refractivity contribution in [3.63, 3.8) is 0 Å². The number of amides is 1. The first kappa shape index (κ1) is 22.1. The Morgan fingerprint density at radius 3 is 2.39 bits per heavy atom. The van der Waals surface area contributed by atoms with E-state index in [0.717, 1.165) is 6.07 Å². The summed E-state index contributed by atoms with van der Waals surface area (Å²) >= 11 is 6.22. The van der Waals surface area contributed by atoms with Gasteiger partial charge in [0.05, 0.1) is 23.2 Å². The van der Waals surface area contributed by atoms with Crippen LogP contribution < -0.4 is 11.5 Å². The molecule has 3 aliphatic rings. The number of hydrogen-bond acceptors (Lipinski definition) is 9. The van der Waals surface area contributed by atoms with Crippen molar-refractivity contribution in [3.05, 3.63) is 28.3 Å². The molecule has 3 aliphatic carbocycles. The molecule has 31 heavy (non-hydrogen) atoms. The second-order valence-electron chi connectivity index (χ2n) is 8.89. The topological polar surface area (TPSA) is 204 Å². The van der Waals surface area contributed by atoms with Gasteiger partial charge >= 0.3 is 0 Å². The molecule has 0 heterocycles. The molecule has 9 N–H and O–H groups in total. The van der Waals surface area contributed by atoms with Crippen molar-refractivity contribution in [2.75, 3.05) is 0 Å². The molecule has 168 valence electrons. The Kier molecular flexibility index (Phi) is 4.79. The first-order chi connectivity index (χ1) is 14.3. The molecule has 2 saturated carbocycles. The Morgan fingerprint density at radius 2 is 1.81 bits per heavy atom. The lowest BCUT2D eigenvalue weighted by Crippen LogP contribution is -2.76. The van der Waals surface area contributed by atoms with E-state index >= 15 is 0 Å². The fourth-order valence-electron chi connectivity index (χ4n) is 5.82. The Balaban J connectivity index is 1.92. The van der Waals surface area contributed by atoms with E-state index in [-0.39, 0.29) is 22.6 Å². The highest BCUT2D eigenvalue weighted by atomic mass is 35.5. The lowest BCUT2D eigenvalue weighted by atomic mass is 9.49. The predicted octanol–water partition coefficient (Wildman–Crippen LogP) is -1.83. The van der Waals surface area contributed by atoms with Gasteiger partial charge in [-0.05, 0) is 25.5 Å². The van der Waals surface area contributed by atoms with Crippen molar-refractivity contribution in [2.24, 2.45) is 35.1 Å². The zero-order valence-electron chi connectivity index (χ0n) is 16.4. The fourth-order valence-corrected chi connectivity index (χ4v) is 6.17. The van der Waals surface area contributed by atoms with E-state index in [1.807, 2.05) is 0 Å². The third-order valence-corrected chi connectivity index (χ3v) is 7.71. The van der Waals surface area contributed by atoms with Crippen molar-refractivity contribution in [2.45, 2.75) is 42.8 Å². The summed E-state index contributed by atoms with van der Waals surface area (Å²) < 4.78 is 0. The van der Waals surface area contributed by atoms with Crippen molar-refractivity contribution < 1.29 is 39.9 Å². The van der Waals surface area contributed by atoms with Crippen molar-refractivity contribution in [3.8, 4) is 5.75 Å². The van der Waals surface area contributed by atoms with Gasteiger partial charge in [-0.15, -0.1) is 0 Å². The molecule has 2 fully saturated rings. The number of nitrogens with two attached hydrogens (primary N) is 2. The van der Waals surface area contributed by atoms with E-state index in [9.17, 15) is 39.9 Å². The second kappa shape index (κ2) is 6.71. The zero-order valence-corrected chi connectivity index (χ0v) is 17.2. The van der Waals surface area contributed by atoms with Crippen molar-refractivity contribution in [1.29, 1.82) is 0 Å². The van der Waals surface area contributed by atoms with Gasteiger partial charge in [0.1, 0.15) is 17.8 Å². The number of phenols is 1. The number of carbonyl (C=O) groups is 3. The number of Topliss-reactive ketones (excluding diaryl/α,β-unsaturated/α-hetero) is 2. The maximum atomic E-state index is 13.3. The van der Waals surface area contributed by atoms with Crippen LogP contribution in [0.25, 0.3) is 0 Å². The number of fused-ring (bicyclic) bond motifs is 3. The van der Waals surface area contributed by atoms with Gasteiger partial charge in [-0.25, -0.2) is 0 Å². The third kappa shape index (κ3) is 2.60. The monoisotopic (exact) mass is 454 g/mol. The number of aliphatic hydroxyl groups excluding tert-OH is 2. The van der Waals surface area contributed by atoms with Crippen LogP contribution in [0.2, 0.25) is 5.02 Å². The summed E-state index contributed by atoms with van der Waals surface area (Å²) in [6.45, 7) is 1.34. The van der Waals surface area contributed by atoms with Gasteiger partial charge < -0.3 is 37.0 Å². The maximum Gasteiger partial charge on any atom is 0.230 e. The minimum absolute atomic E-state index is 0.0118. The molecule has 1 aromatic carbocycles. The molecule has 0 radical (unpaired) electrons. The first-order valence-corrected chi connectivity index (χ1v) is 10.1. The number of halogens is 1. The molecule has 10 nitrogen and oxygen atoms in total. The van der Waals surface area contributed by atoms with Gasteiger partial charge in [-0.3, -0.25) is 14.4 Å². The SMILES string of the molecule is C[C@@]1(O)c2c(Cl)ccc(O)c2C(=O)[C@@H]2[C@H](O)[C@]3(O)C(=O)[C@@H](C(N)=O)[C@@H](O)[C@@H](N)[C@@H]3C[C@@H]21. The Morgan fingerprint density at radius 1 is 1.19 bits per heavy atom. The van der Waals surface area contributed by atoms with E-state index < -0.39 is 76.3 Å². The highest BCUT2D eigenvalue weighted by Crippen LogP contribution is 2.57. The standard InChI is InChI=1S/C20H23ClN2O8/c1-19(30)5-4-6-13(22)15(26)11(18(23)29)17(28)20(6,31)16(27)9(5)14(25)10-8(24)3-2-7(21)12(10)19/h2-3,5-6,9,11,13,15-16,24,26-27,30-31H,4,22H2,1H3,(H2,23,29)/t5-,6-,9+,11-,13-,15+,16-,19-,20-/m0/s1. The van der Waals surface area contributed by atoms with E-state index in [2.05, 4.69) is 0 Å². The van der Waals surface area contributed by atoms with Gasteiger partial charge in [0.15, 0.2) is 17.2 Å².